The van der Waals surface area contributed by atoms with Crippen molar-refractivity contribution in [3.8, 4) is 0 Å². The van der Waals surface area contributed by atoms with Crippen LogP contribution >= 0.6 is 0 Å². The van der Waals surface area contributed by atoms with Gasteiger partial charge in [0.1, 0.15) is 0 Å². The van der Waals surface area contributed by atoms with Gasteiger partial charge in [0.2, 0.25) is 0 Å². The fourth-order valence-electron chi connectivity index (χ4n) is 2.12. The van der Waals surface area contributed by atoms with Crippen LogP contribution in [0.25, 0.3) is 0 Å². The molecule has 0 aromatic heterocycles. The summed E-state index contributed by atoms with van der Waals surface area (Å²) in [5.74, 6) is 0.208. The average molecular weight is 314 g/mol. The Morgan fingerprint density at radius 1 is 1.10 bits per heavy atom. The van der Waals surface area contributed by atoms with Gasteiger partial charge in [-0.1, -0.05) is 43.6 Å². The molecule has 0 saturated heterocycles. The molecule has 0 aliphatic carbocycles. The maximum absolute atomic E-state index is 12.1. The van der Waals surface area contributed by atoms with Crippen molar-refractivity contribution in [2.45, 2.75) is 36.7 Å². The quantitative estimate of drug-likeness (QED) is 0.491. The van der Waals surface area contributed by atoms with Crippen LogP contribution in [-0.4, -0.2) is 48.7 Å². The van der Waals surface area contributed by atoms with E-state index >= 15 is 0 Å². The van der Waals surface area contributed by atoms with Crippen molar-refractivity contribution in [1.29, 1.82) is 0 Å². The predicted octanol–water partition coefficient (Wildman–Crippen LogP) is 2.20. The SMILES string of the molecule is CCC[SiH2]CCCN(C)CCS(=O)(=O)c1ccccc1. The smallest absolute Gasteiger partial charge is 0.179 e. The number of nitrogens with zero attached hydrogens (tertiary/aromatic N) is 1. The molecule has 0 atom stereocenters. The Kier molecular flexibility index (Phi) is 8.10. The molecule has 0 amide bonds. The average Bonchev–Trinajstić information content (AvgIpc) is 2.46. The van der Waals surface area contributed by atoms with Crippen LogP contribution < -0.4 is 0 Å². The minimum absolute atomic E-state index is 0.140. The first-order chi connectivity index (χ1) is 9.56. The largest absolute Gasteiger partial charge is 0.305 e. The number of rotatable bonds is 10. The van der Waals surface area contributed by atoms with Crippen molar-refractivity contribution in [3.05, 3.63) is 30.3 Å². The minimum atomic E-state index is -3.13. The Balaban J connectivity index is 2.28. The molecular weight excluding hydrogens is 286 g/mol. The second-order valence-electron chi connectivity index (χ2n) is 5.35. The summed E-state index contributed by atoms with van der Waals surface area (Å²) in [5.41, 5.74) is 0. The van der Waals surface area contributed by atoms with E-state index in [1.54, 1.807) is 24.3 Å². The zero-order valence-electron chi connectivity index (χ0n) is 12.7. The van der Waals surface area contributed by atoms with E-state index in [1.807, 2.05) is 13.1 Å². The van der Waals surface area contributed by atoms with Crippen molar-refractivity contribution >= 4 is 19.4 Å². The van der Waals surface area contributed by atoms with Crippen LogP contribution in [0.4, 0.5) is 0 Å². The van der Waals surface area contributed by atoms with E-state index < -0.39 is 9.84 Å². The molecule has 0 aliphatic rings. The predicted molar refractivity (Wildman–Crippen MR) is 89.1 cm³/mol. The molecule has 0 saturated carbocycles. The van der Waals surface area contributed by atoms with E-state index in [-0.39, 0.29) is 15.3 Å². The molecule has 0 aliphatic heterocycles. The van der Waals surface area contributed by atoms with Crippen LogP contribution in [-0.2, 0) is 9.84 Å². The van der Waals surface area contributed by atoms with Crippen molar-refractivity contribution in [2.24, 2.45) is 0 Å². The third-order valence-corrected chi connectivity index (χ3v) is 7.40. The fourth-order valence-corrected chi connectivity index (χ4v) is 4.91. The zero-order valence-corrected chi connectivity index (χ0v) is 14.9. The Bertz CT molecular complexity index is 462. The summed E-state index contributed by atoms with van der Waals surface area (Å²) in [6, 6.07) is 11.5. The normalized spacial score (nSPS) is 12.6. The van der Waals surface area contributed by atoms with Gasteiger partial charge in [-0.3, -0.25) is 0 Å². The molecule has 5 heteroatoms. The monoisotopic (exact) mass is 313 g/mol. The summed E-state index contributed by atoms with van der Waals surface area (Å²) < 4.78 is 24.3. The molecule has 1 aromatic rings. The molecule has 3 nitrogen and oxygen atoms in total. The summed E-state index contributed by atoms with van der Waals surface area (Å²) in [5, 5.41) is 0. The number of hydrogen-bond acceptors (Lipinski definition) is 3. The van der Waals surface area contributed by atoms with Gasteiger partial charge in [-0.15, -0.1) is 0 Å². The number of sulfone groups is 1. The van der Waals surface area contributed by atoms with Gasteiger partial charge in [0.15, 0.2) is 9.84 Å². The molecule has 0 N–H and O–H groups in total. The van der Waals surface area contributed by atoms with Crippen LogP contribution in [0, 0.1) is 0 Å². The van der Waals surface area contributed by atoms with Crippen LogP contribution in [0.1, 0.15) is 19.8 Å². The van der Waals surface area contributed by atoms with Gasteiger partial charge in [0.25, 0.3) is 0 Å². The molecule has 0 heterocycles. The Labute approximate surface area is 126 Å². The van der Waals surface area contributed by atoms with Crippen molar-refractivity contribution in [3.63, 3.8) is 0 Å². The van der Waals surface area contributed by atoms with Crippen molar-refractivity contribution in [2.75, 3.05) is 25.9 Å². The van der Waals surface area contributed by atoms with Gasteiger partial charge in [0.05, 0.1) is 10.6 Å². The van der Waals surface area contributed by atoms with E-state index in [0.29, 0.717) is 11.4 Å². The lowest BCUT2D eigenvalue weighted by Crippen LogP contribution is -2.26. The first-order valence-corrected chi connectivity index (χ1v) is 11.2. The first-order valence-electron chi connectivity index (χ1n) is 7.52. The molecular formula is C15H27NO2SSi. The van der Waals surface area contributed by atoms with E-state index in [9.17, 15) is 8.42 Å². The second kappa shape index (κ2) is 9.31. The van der Waals surface area contributed by atoms with Crippen LogP contribution in [0.5, 0.6) is 0 Å². The highest BCUT2D eigenvalue weighted by atomic mass is 32.2. The minimum Gasteiger partial charge on any atom is -0.305 e. The zero-order chi connectivity index (χ0) is 14.8. The Morgan fingerprint density at radius 2 is 1.80 bits per heavy atom. The topological polar surface area (TPSA) is 37.4 Å². The third-order valence-electron chi connectivity index (χ3n) is 3.49. The molecule has 0 radical (unpaired) electrons. The van der Waals surface area contributed by atoms with Gasteiger partial charge < -0.3 is 4.90 Å². The third kappa shape index (κ3) is 6.68. The molecule has 0 bridgehead atoms. The van der Waals surface area contributed by atoms with Crippen molar-refractivity contribution in [1.82, 2.24) is 4.90 Å². The maximum Gasteiger partial charge on any atom is 0.179 e. The van der Waals surface area contributed by atoms with Crippen LogP contribution in [0.15, 0.2) is 35.2 Å². The van der Waals surface area contributed by atoms with Gasteiger partial charge >= 0.3 is 0 Å². The molecule has 0 spiro atoms. The lowest BCUT2D eigenvalue weighted by molar-refractivity contribution is 0.353. The van der Waals surface area contributed by atoms with Crippen LogP contribution in [0.3, 0.4) is 0 Å². The standard InChI is InChI=1S/C15H27NO2SSi/c1-3-13-20-14-7-10-16(2)11-12-19(17,18)15-8-5-4-6-9-15/h4-6,8-9H,3,7,10-14,20H2,1-2H3. The molecule has 0 unspecified atom stereocenters. The highest BCUT2D eigenvalue weighted by Crippen LogP contribution is 2.10. The van der Waals surface area contributed by atoms with Gasteiger partial charge in [-0.05, 0) is 32.1 Å². The molecule has 1 rings (SSSR count). The first kappa shape index (κ1) is 17.4. The summed E-state index contributed by atoms with van der Waals surface area (Å²) in [6.07, 6.45) is 2.53. The molecule has 1 aromatic carbocycles. The molecule has 20 heavy (non-hydrogen) atoms. The van der Waals surface area contributed by atoms with E-state index in [1.165, 1.54) is 24.9 Å². The van der Waals surface area contributed by atoms with E-state index in [2.05, 4.69) is 11.8 Å². The fraction of sp³-hybridized carbons (Fsp3) is 0.600. The highest BCUT2D eigenvalue weighted by molar-refractivity contribution is 7.91. The Morgan fingerprint density at radius 3 is 2.45 bits per heavy atom. The second-order valence-corrected chi connectivity index (χ2v) is 9.58. The van der Waals surface area contributed by atoms with Gasteiger partial charge in [-0.2, -0.15) is 0 Å². The Hall–Kier alpha value is -0.653. The number of benzene rings is 1. The van der Waals surface area contributed by atoms with Crippen LogP contribution in [0.2, 0.25) is 12.1 Å². The lowest BCUT2D eigenvalue weighted by atomic mass is 10.4. The summed E-state index contributed by atoms with van der Waals surface area (Å²) >= 11 is 0. The summed E-state index contributed by atoms with van der Waals surface area (Å²) in [4.78, 5) is 2.57. The summed E-state index contributed by atoms with van der Waals surface area (Å²) in [7, 11) is -0.971. The van der Waals surface area contributed by atoms with Gasteiger partial charge in [0, 0.05) is 16.1 Å². The van der Waals surface area contributed by atoms with E-state index in [0.717, 1.165) is 6.54 Å². The highest BCUT2D eigenvalue weighted by Gasteiger charge is 2.14. The summed E-state index contributed by atoms with van der Waals surface area (Å²) in [6.45, 7) is 3.88. The molecule has 114 valence electrons. The van der Waals surface area contributed by atoms with E-state index in [4.69, 9.17) is 0 Å². The molecule has 0 fully saturated rings. The lowest BCUT2D eigenvalue weighted by Gasteiger charge is -2.16. The van der Waals surface area contributed by atoms with Crippen molar-refractivity contribution < 1.29 is 8.42 Å². The number of hydrogen-bond donors (Lipinski definition) is 0. The van der Waals surface area contributed by atoms with Gasteiger partial charge in [-0.25, -0.2) is 8.42 Å². The maximum atomic E-state index is 12.1.